The number of fused-ring (bicyclic) bond motifs is 1. The molecule has 2 rings (SSSR count). The molecule has 0 saturated heterocycles. The Balaban J connectivity index is 2.64. The van der Waals surface area contributed by atoms with Crippen LogP contribution in [0.25, 0.3) is 11.0 Å². The third kappa shape index (κ3) is 2.38. The van der Waals surface area contributed by atoms with E-state index in [1.165, 1.54) is 7.11 Å². The summed E-state index contributed by atoms with van der Waals surface area (Å²) < 4.78 is 11.7. The number of esters is 1. The number of carbonyl (C=O) groups excluding carboxylic acids is 1. The lowest BCUT2D eigenvalue weighted by Crippen LogP contribution is -2.19. The fourth-order valence-corrected chi connectivity index (χ4v) is 2.24. The molecule has 0 saturated carbocycles. The highest BCUT2D eigenvalue weighted by Crippen LogP contribution is 2.26. The summed E-state index contributed by atoms with van der Waals surface area (Å²) in [6, 6.07) is 5.00. The van der Waals surface area contributed by atoms with E-state index in [1.54, 1.807) is 18.6 Å². The first-order chi connectivity index (χ1) is 9.12. The number of benzene rings is 1. The summed E-state index contributed by atoms with van der Waals surface area (Å²) in [5.41, 5.74) is 1.57. The number of rotatable bonds is 4. The molecule has 0 amide bonds. The summed E-state index contributed by atoms with van der Waals surface area (Å²) in [6.45, 7) is 1.75. The summed E-state index contributed by atoms with van der Waals surface area (Å²) in [5.74, 6) is 1.21. The molecule has 0 aliphatic rings. The van der Waals surface area contributed by atoms with Gasteiger partial charge in [0, 0.05) is 6.07 Å². The van der Waals surface area contributed by atoms with E-state index in [4.69, 9.17) is 21.1 Å². The molecule has 0 aliphatic heterocycles. The summed E-state index contributed by atoms with van der Waals surface area (Å²) in [4.78, 5) is 16.1. The van der Waals surface area contributed by atoms with Crippen LogP contribution < -0.4 is 4.74 Å². The highest BCUT2D eigenvalue weighted by Gasteiger charge is 2.21. The summed E-state index contributed by atoms with van der Waals surface area (Å²) in [7, 11) is 2.95. The molecule has 6 heteroatoms. The topological polar surface area (TPSA) is 53.4 Å². The van der Waals surface area contributed by atoms with Crippen LogP contribution in [0.4, 0.5) is 0 Å². The molecule has 0 spiro atoms. The summed E-state index contributed by atoms with van der Waals surface area (Å²) in [6.07, 6.45) is 0. The van der Waals surface area contributed by atoms with Crippen molar-refractivity contribution in [1.82, 2.24) is 9.55 Å². The lowest BCUT2D eigenvalue weighted by Gasteiger charge is -2.14. The normalized spacial score (nSPS) is 12.4. The number of imidazole rings is 1. The Morgan fingerprint density at radius 3 is 2.79 bits per heavy atom. The smallest absolute Gasteiger partial charge is 0.328 e. The Bertz CT molecular complexity index is 609. The van der Waals surface area contributed by atoms with E-state index in [1.807, 2.05) is 18.2 Å². The van der Waals surface area contributed by atoms with Crippen LogP contribution in [0.5, 0.6) is 5.75 Å². The lowest BCUT2D eigenvalue weighted by molar-refractivity contribution is -0.143. The van der Waals surface area contributed by atoms with Crippen LogP contribution in [-0.2, 0) is 15.4 Å². The van der Waals surface area contributed by atoms with E-state index in [0.717, 1.165) is 11.0 Å². The molecule has 1 unspecified atom stereocenters. The minimum absolute atomic E-state index is 0.221. The Kier molecular flexibility index (Phi) is 3.95. The minimum atomic E-state index is -0.490. The molecular weight excluding hydrogens is 268 g/mol. The second-order valence-electron chi connectivity index (χ2n) is 4.09. The SMILES string of the molecule is COC(=O)C(C)n1c(CCl)nc2ccc(OC)cc21. The lowest BCUT2D eigenvalue weighted by atomic mass is 10.2. The largest absolute Gasteiger partial charge is 0.497 e. The van der Waals surface area contributed by atoms with Gasteiger partial charge in [0.2, 0.25) is 0 Å². The van der Waals surface area contributed by atoms with Gasteiger partial charge in [0.15, 0.2) is 0 Å². The third-order valence-electron chi connectivity index (χ3n) is 3.02. The van der Waals surface area contributed by atoms with Gasteiger partial charge in [-0.05, 0) is 19.1 Å². The van der Waals surface area contributed by atoms with Crippen molar-refractivity contribution in [2.24, 2.45) is 0 Å². The van der Waals surface area contributed by atoms with Gasteiger partial charge < -0.3 is 14.0 Å². The second-order valence-corrected chi connectivity index (χ2v) is 4.35. The van der Waals surface area contributed by atoms with Crippen molar-refractivity contribution >= 4 is 28.6 Å². The number of alkyl halides is 1. The monoisotopic (exact) mass is 282 g/mol. The Morgan fingerprint density at radius 1 is 1.47 bits per heavy atom. The third-order valence-corrected chi connectivity index (χ3v) is 3.26. The molecule has 1 aromatic carbocycles. The standard InChI is InChI=1S/C13H15ClN2O3/c1-8(13(17)19-3)16-11-6-9(18-2)4-5-10(11)15-12(16)7-14/h4-6,8H,7H2,1-3H3. The molecular formula is C13H15ClN2O3. The predicted octanol–water partition coefficient (Wildman–Crippen LogP) is 2.52. The molecule has 0 N–H and O–H groups in total. The molecule has 0 bridgehead atoms. The maximum Gasteiger partial charge on any atom is 0.328 e. The molecule has 0 fully saturated rings. The predicted molar refractivity (Wildman–Crippen MR) is 72.6 cm³/mol. The number of hydrogen-bond acceptors (Lipinski definition) is 4. The van der Waals surface area contributed by atoms with E-state index in [0.29, 0.717) is 11.6 Å². The van der Waals surface area contributed by atoms with E-state index >= 15 is 0 Å². The highest BCUT2D eigenvalue weighted by atomic mass is 35.5. The first-order valence-corrected chi connectivity index (χ1v) is 6.34. The number of nitrogens with zero attached hydrogens (tertiary/aromatic N) is 2. The van der Waals surface area contributed by atoms with Gasteiger partial charge in [0.05, 0.1) is 31.1 Å². The summed E-state index contributed by atoms with van der Waals surface area (Å²) >= 11 is 5.90. The Morgan fingerprint density at radius 2 is 2.21 bits per heavy atom. The first-order valence-electron chi connectivity index (χ1n) is 5.81. The van der Waals surface area contributed by atoms with Gasteiger partial charge in [-0.25, -0.2) is 9.78 Å². The maximum atomic E-state index is 11.7. The molecule has 2 aromatic rings. The highest BCUT2D eigenvalue weighted by molar-refractivity contribution is 6.16. The number of ether oxygens (including phenoxy) is 2. The van der Waals surface area contributed by atoms with Gasteiger partial charge in [-0.2, -0.15) is 0 Å². The number of carbonyl (C=O) groups is 1. The van der Waals surface area contributed by atoms with Crippen LogP contribution in [0.2, 0.25) is 0 Å². The van der Waals surface area contributed by atoms with E-state index < -0.39 is 6.04 Å². The van der Waals surface area contributed by atoms with Crippen LogP contribution in [0, 0.1) is 0 Å². The zero-order chi connectivity index (χ0) is 14.0. The number of aromatic nitrogens is 2. The van der Waals surface area contributed by atoms with Crippen molar-refractivity contribution in [3.8, 4) is 5.75 Å². The summed E-state index contributed by atoms with van der Waals surface area (Å²) in [5, 5.41) is 0. The molecule has 0 radical (unpaired) electrons. The molecule has 1 aromatic heterocycles. The van der Waals surface area contributed by atoms with Crippen molar-refractivity contribution in [2.75, 3.05) is 14.2 Å². The van der Waals surface area contributed by atoms with Gasteiger partial charge >= 0.3 is 5.97 Å². The van der Waals surface area contributed by atoms with Crippen LogP contribution in [-0.4, -0.2) is 29.7 Å². The fraction of sp³-hybridized carbons (Fsp3) is 0.385. The molecule has 0 aliphatic carbocycles. The average molecular weight is 283 g/mol. The Hall–Kier alpha value is -1.75. The quantitative estimate of drug-likeness (QED) is 0.639. The van der Waals surface area contributed by atoms with Crippen LogP contribution in [0.15, 0.2) is 18.2 Å². The molecule has 102 valence electrons. The van der Waals surface area contributed by atoms with Crippen molar-refractivity contribution in [3.63, 3.8) is 0 Å². The van der Waals surface area contributed by atoms with Gasteiger partial charge in [-0.1, -0.05) is 0 Å². The van der Waals surface area contributed by atoms with E-state index in [-0.39, 0.29) is 11.8 Å². The molecule has 1 atom stereocenters. The molecule has 5 nitrogen and oxygen atoms in total. The van der Waals surface area contributed by atoms with Gasteiger partial charge in [0.1, 0.15) is 17.6 Å². The Labute approximate surface area is 116 Å². The number of methoxy groups -OCH3 is 2. The molecule has 1 heterocycles. The average Bonchev–Trinajstić information content (AvgIpc) is 2.82. The van der Waals surface area contributed by atoms with Crippen LogP contribution >= 0.6 is 11.6 Å². The number of hydrogen-bond donors (Lipinski definition) is 0. The zero-order valence-electron chi connectivity index (χ0n) is 11.0. The maximum absolute atomic E-state index is 11.7. The number of halogens is 1. The van der Waals surface area contributed by atoms with E-state index in [9.17, 15) is 4.79 Å². The zero-order valence-corrected chi connectivity index (χ0v) is 11.8. The van der Waals surface area contributed by atoms with Crippen molar-refractivity contribution < 1.29 is 14.3 Å². The first kappa shape index (κ1) is 13.7. The minimum Gasteiger partial charge on any atom is -0.497 e. The van der Waals surface area contributed by atoms with Gasteiger partial charge in [0.25, 0.3) is 0 Å². The van der Waals surface area contributed by atoms with Crippen LogP contribution in [0.1, 0.15) is 18.8 Å². The van der Waals surface area contributed by atoms with E-state index in [2.05, 4.69) is 4.98 Å². The van der Waals surface area contributed by atoms with Crippen molar-refractivity contribution in [1.29, 1.82) is 0 Å². The van der Waals surface area contributed by atoms with Crippen LogP contribution in [0.3, 0.4) is 0 Å². The van der Waals surface area contributed by atoms with Gasteiger partial charge in [-0.3, -0.25) is 0 Å². The van der Waals surface area contributed by atoms with Crippen molar-refractivity contribution in [2.45, 2.75) is 18.8 Å². The fourth-order valence-electron chi connectivity index (χ4n) is 2.05. The van der Waals surface area contributed by atoms with Crippen molar-refractivity contribution in [3.05, 3.63) is 24.0 Å². The molecule has 19 heavy (non-hydrogen) atoms. The second kappa shape index (κ2) is 5.48. The van der Waals surface area contributed by atoms with Gasteiger partial charge in [-0.15, -0.1) is 11.6 Å².